The number of nitriles is 1. The van der Waals surface area contributed by atoms with E-state index in [1.807, 2.05) is 6.07 Å². The third-order valence-electron chi connectivity index (χ3n) is 5.74. The van der Waals surface area contributed by atoms with Gasteiger partial charge in [-0.15, -0.1) is 5.10 Å². The molecule has 10 nitrogen and oxygen atoms in total. The van der Waals surface area contributed by atoms with E-state index in [1.165, 1.54) is 24.8 Å². The van der Waals surface area contributed by atoms with Gasteiger partial charge in [-0.3, -0.25) is 9.59 Å². The molecule has 1 aliphatic heterocycles. The molecule has 1 aliphatic rings. The quantitative estimate of drug-likeness (QED) is 0.401. The van der Waals surface area contributed by atoms with E-state index in [0.29, 0.717) is 22.0 Å². The lowest BCUT2D eigenvalue weighted by Gasteiger charge is -2.25. The minimum Gasteiger partial charge on any atom is -0.497 e. The number of ketones is 1. The van der Waals surface area contributed by atoms with E-state index in [2.05, 4.69) is 10.1 Å². The van der Waals surface area contributed by atoms with Gasteiger partial charge in [0.1, 0.15) is 17.4 Å². The summed E-state index contributed by atoms with van der Waals surface area (Å²) in [4.78, 5) is 31.0. The molecule has 1 atom stereocenters. The van der Waals surface area contributed by atoms with Gasteiger partial charge in [-0.2, -0.15) is 14.9 Å². The zero-order valence-electron chi connectivity index (χ0n) is 18.8. The molecule has 5 rings (SSSR count). The molecule has 1 unspecified atom stereocenters. The maximum atomic E-state index is 13.9. The molecule has 3 heterocycles. The second kappa shape index (κ2) is 8.71. The van der Waals surface area contributed by atoms with E-state index in [9.17, 15) is 14.9 Å². The monoisotopic (exact) mass is 522 g/mol. The number of aromatic nitrogens is 4. The fraction of sp³-hybridized carbons (Fsp3) is 0.125. The number of nitrogens with zero attached hydrogens (tertiary/aromatic N) is 5. The molecular weight excluding hydrogens is 507 g/mol. The highest BCUT2D eigenvalue weighted by atomic mass is 35.5. The van der Waals surface area contributed by atoms with Crippen molar-refractivity contribution in [3.8, 4) is 23.4 Å². The number of ether oxygens (including phenoxy) is 2. The van der Waals surface area contributed by atoms with Crippen LogP contribution in [0, 0.1) is 11.3 Å². The smallest absolute Gasteiger partial charge is 0.269 e. The first kappa shape index (κ1) is 23.4. The van der Waals surface area contributed by atoms with Crippen molar-refractivity contribution in [1.29, 1.82) is 5.26 Å². The predicted octanol–water partition coefficient (Wildman–Crippen LogP) is 3.62. The fourth-order valence-corrected chi connectivity index (χ4v) is 4.60. The van der Waals surface area contributed by atoms with Crippen LogP contribution in [0.4, 0.5) is 0 Å². The summed E-state index contributed by atoms with van der Waals surface area (Å²) in [6.45, 7) is 1.29. The van der Waals surface area contributed by atoms with Crippen LogP contribution in [0.5, 0.6) is 11.6 Å². The first-order valence-electron chi connectivity index (χ1n) is 10.5. The van der Waals surface area contributed by atoms with Crippen LogP contribution in [0.25, 0.3) is 11.5 Å². The zero-order chi connectivity index (χ0) is 25.7. The minimum absolute atomic E-state index is 0.0146. The van der Waals surface area contributed by atoms with Gasteiger partial charge in [0.15, 0.2) is 5.78 Å². The van der Waals surface area contributed by atoms with E-state index in [0.717, 1.165) is 4.40 Å². The Hall–Kier alpha value is -4.33. The third kappa shape index (κ3) is 3.57. The summed E-state index contributed by atoms with van der Waals surface area (Å²) in [7, 11) is 1.54. The van der Waals surface area contributed by atoms with Crippen molar-refractivity contribution in [2.24, 2.45) is 5.73 Å². The molecule has 0 radical (unpaired) electrons. The Labute approximate surface area is 213 Å². The first-order chi connectivity index (χ1) is 17.2. The Bertz CT molecular complexity index is 1700. The number of Topliss-reactive ketones (excluding diaryl/α,β-unsaturated/α-hetero) is 1. The lowest BCUT2D eigenvalue weighted by molar-refractivity contribution is 0.100. The largest absolute Gasteiger partial charge is 0.497 e. The fourth-order valence-electron chi connectivity index (χ4n) is 4.08. The normalized spacial score (nSPS) is 14.8. The second-order valence-corrected chi connectivity index (χ2v) is 8.70. The second-order valence-electron chi connectivity index (χ2n) is 7.85. The Morgan fingerprint density at radius 1 is 1.22 bits per heavy atom. The first-order valence-corrected chi connectivity index (χ1v) is 11.2. The summed E-state index contributed by atoms with van der Waals surface area (Å²) < 4.78 is 13.2. The maximum Gasteiger partial charge on any atom is 0.269 e. The summed E-state index contributed by atoms with van der Waals surface area (Å²) in [5, 5.41) is 14.8. The highest BCUT2D eigenvalue weighted by Gasteiger charge is 2.37. The van der Waals surface area contributed by atoms with Crippen LogP contribution in [-0.4, -0.2) is 32.1 Å². The molecule has 2 aromatic carbocycles. The Morgan fingerprint density at radius 2 is 1.94 bits per heavy atom. The molecule has 2 N–H and O–H groups in total. The van der Waals surface area contributed by atoms with Crippen LogP contribution in [0.3, 0.4) is 0 Å². The Kier molecular flexibility index (Phi) is 5.67. The number of rotatable bonds is 4. The van der Waals surface area contributed by atoms with Crippen LogP contribution in [0.1, 0.15) is 34.6 Å². The lowest BCUT2D eigenvalue weighted by Crippen LogP contribution is -2.31. The van der Waals surface area contributed by atoms with Crippen LogP contribution in [0.15, 0.2) is 58.7 Å². The average Bonchev–Trinajstić information content (AvgIpc) is 3.24. The van der Waals surface area contributed by atoms with Crippen molar-refractivity contribution in [3.05, 3.63) is 91.3 Å². The number of hydrogen-bond acceptors (Lipinski definition) is 8. The molecule has 36 heavy (non-hydrogen) atoms. The summed E-state index contributed by atoms with van der Waals surface area (Å²) >= 11 is 12.5. The number of fused-ring (bicyclic) bond motifs is 2. The van der Waals surface area contributed by atoms with Gasteiger partial charge < -0.3 is 15.2 Å². The number of hydrogen-bond donors (Lipinski definition) is 1. The standard InChI is InChI=1S/C24H16Cl2N6O4/c1-11(33)21-30-32(13-4-6-14(35-2)7-5-13)24-29-22-19(23(34)31(21)24)18(16(10-27)20(28)36-22)15-8-3-12(25)9-17(15)26/h3-9,18H,28H2,1-2H3. The van der Waals surface area contributed by atoms with Crippen LogP contribution < -0.4 is 20.8 Å². The SMILES string of the molecule is COc1ccc(-n2nc(C(C)=O)n3c(=O)c4c(nc23)OC(N)=C(C#N)C4c2ccc(Cl)cc2Cl)cc1. The van der Waals surface area contributed by atoms with E-state index in [-0.39, 0.29) is 39.5 Å². The summed E-state index contributed by atoms with van der Waals surface area (Å²) in [5.41, 5.74) is 6.28. The Morgan fingerprint density at radius 3 is 2.56 bits per heavy atom. The van der Waals surface area contributed by atoms with Crippen LogP contribution >= 0.6 is 23.2 Å². The van der Waals surface area contributed by atoms with Gasteiger partial charge in [0.25, 0.3) is 5.56 Å². The van der Waals surface area contributed by atoms with E-state index >= 15 is 0 Å². The number of allylic oxidation sites excluding steroid dienone is 1. The molecule has 0 bridgehead atoms. The number of halogens is 2. The summed E-state index contributed by atoms with van der Waals surface area (Å²) in [5.74, 6) is -1.35. The molecule has 12 heteroatoms. The summed E-state index contributed by atoms with van der Waals surface area (Å²) in [6.07, 6.45) is 0. The average molecular weight is 523 g/mol. The Balaban J connectivity index is 1.85. The van der Waals surface area contributed by atoms with Gasteiger partial charge in [-0.25, -0.2) is 4.40 Å². The predicted molar refractivity (Wildman–Crippen MR) is 131 cm³/mol. The molecule has 0 aliphatic carbocycles. The van der Waals surface area contributed by atoms with E-state index < -0.39 is 17.3 Å². The lowest BCUT2D eigenvalue weighted by atomic mass is 9.85. The topological polar surface area (TPSA) is 138 Å². The molecule has 2 aromatic heterocycles. The van der Waals surface area contributed by atoms with Crippen molar-refractivity contribution < 1.29 is 14.3 Å². The molecule has 180 valence electrons. The van der Waals surface area contributed by atoms with Crippen molar-refractivity contribution in [3.63, 3.8) is 0 Å². The van der Waals surface area contributed by atoms with Gasteiger partial charge in [-0.1, -0.05) is 29.3 Å². The van der Waals surface area contributed by atoms with Gasteiger partial charge in [0.05, 0.1) is 24.3 Å². The van der Waals surface area contributed by atoms with Crippen molar-refractivity contribution in [1.82, 2.24) is 19.2 Å². The number of carbonyl (C=O) groups excluding carboxylic acids is 1. The van der Waals surface area contributed by atoms with Gasteiger partial charge in [-0.05, 0) is 42.0 Å². The van der Waals surface area contributed by atoms with Crippen molar-refractivity contribution >= 4 is 34.8 Å². The third-order valence-corrected chi connectivity index (χ3v) is 6.30. The molecule has 4 aromatic rings. The van der Waals surface area contributed by atoms with Crippen LogP contribution in [-0.2, 0) is 0 Å². The number of nitrogens with two attached hydrogens (primary N) is 1. The molecule has 0 fully saturated rings. The maximum absolute atomic E-state index is 13.9. The molecular formula is C24H16Cl2N6O4. The van der Waals surface area contributed by atoms with Crippen molar-refractivity contribution in [2.45, 2.75) is 12.8 Å². The van der Waals surface area contributed by atoms with Gasteiger partial charge >= 0.3 is 0 Å². The molecule has 0 spiro atoms. The van der Waals surface area contributed by atoms with Crippen molar-refractivity contribution in [2.75, 3.05) is 7.11 Å². The highest BCUT2D eigenvalue weighted by Crippen LogP contribution is 2.42. The van der Waals surface area contributed by atoms with E-state index in [1.54, 1.807) is 36.4 Å². The van der Waals surface area contributed by atoms with Gasteiger partial charge in [0.2, 0.25) is 23.4 Å². The van der Waals surface area contributed by atoms with E-state index in [4.69, 9.17) is 38.4 Å². The number of benzene rings is 2. The van der Waals surface area contributed by atoms with Crippen LogP contribution in [0.2, 0.25) is 10.0 Å². The zero-order valence-corrected chi connectivity index (χ0v) is 20.3. The minimum atomic E-state index is -1.01. The molecule has 0 saturated heterocycles. The van der Waals surface area contributed by atoms with Gasteiger partial charge in [0, 0.05) is 17.0 Å². The highest BCUT2D eigenvalue weighted by molar-refractivity contribution is 6.35. The molecule has 0 amide bonds. The number of methoxy groups -OCH3 is 1. The summed E-state index contributed by atoms with van der Waals surface area (Å²) in [6, 6.07) is 13.5. The number of carbonyl (C=O) groups is 1. The molecule has 0 saturated carbocycles.